The number of hydrogen-bond donors (Lipinski definition) is 2. The fraction of sp³-hybridized carbons (Fsp3) is 0.750. The van der Waals surface area contributed by atoms with Crippen LogP contribution >= 0.6 is 23.4 Å². The van der Waals surface area contributed by atoms with E-state index in [-0.39, 0.29) is 6.04 Å². The quantitative estimate of drug-likeness (QED) is 0.616. The summed E-state index contributed by atoms with van der Waals surface area (Å²) in [6.07, 6.45) is 4.14. The molecule has 2 unspecified atom stereocenters. The number of aromatic nitrogens is 2. The van der Waals surface area contributed by atoms with Crippen LogP contribution in [-0.4, -0.2) is 46.3 Å². The van der Waals surface area contributed by atoms with Crippen LogP contribution in [0.4, 0.5) is 0 Å². The molecule has 108 valence electrons. The van der Waals surface area contributed by atoms with E-state index in [1.165, 1.54) is 18.6 Å². The smallest absolute Gasteiger partial charge is 0.0835 e. The third-order valence-electron chi connectivity index (χ3n) is 3.40. The summed E-state index contributed by atoms with van der Waals surface area (Å²) in [4.78, 5) is 2.13. The van der Waals surface area contributed by atoms with Crippen LogP contribution in [-0.2, 0) is 6.54 Å². The molecule has 1 aliphatic rings. The van der Waals surface area contributed by atoms with E-state index in [0.717, 1.165) is 18.8 Å². The molecule has 19 heavy (non-hydrogen) atoms. The summed E-state index contributed by atoms with van der Waals surface area (Å²) in [6.45, 7) is 1.75. The Bertz CT molecular complexity index is 403. The highest BCUT2D eigenvalue weighted by atomic mass is 35.5. The zero-order valence-corrected chi connectivity index (χ0v) is 13.0. The molecule has 1 aliphatic heterocycles. The molecular weight excluding hydrogens is 282 g/mol. The van der Waals surface area contributed by atoms with Gasteiger partial charge in [0, 0.05) is 11.8 Å². The maximum absolute atomic E-state index is 6.31. The lowest BCUT2D eigenvalue weighted by Crippen LogP contribution is -2.36. The van der Waals surface area contributed by atoms with Gasteiger partial charge in [-0.05, 0) is 32.7 Å². The van der Waals surface area contributed by atoms with Crippen molar-refractivity contribution in [2.24, 2.45) is 5.84 Å². The topological polar surface area (TPSA) is 59.1 Å². The Labute approximate surface area is 123 Å². The van der Waals surface area contributed by atoms with E-state index >= 15 is 0 Å². The Morgan fingerprint density at radius 1 is 1.68 bits per heavy atom. The first-order chi connectivity index (χ1) is 9.13. The first kappa shape index (κ1) is 15.1. The van der Waals surface area contributed by atoms with E-state index in [0.29, 0.717) is 10.3 Å². The molecular formula is C12H22ClN5S. The molecule has 0 aliphatic carbocycles. The second-order valence-corrected chi connectivity index (χ2v) is 6.85. The van der Waals surface area contributed by atoms with Gasteiger partial charge in [-0.1, -0.05) is 11.6 Å². The normalized spacial score (nSPS) is 21.2. The molecule has 1 fully saturated rings. The molecule has 3 N–H and O–H groups in total. The van der Waals surface area contributed by atoms with E-state index in [1.807, 2.05) is 16.4 Å². The number of nitrogens with two attached hydrogens (primary N) is 1. The predicted molar refractivity (Wildman–Crippen MR) is 81.3 cm³/mol. The Kier molecular flexibility index (Phi) is 5.53. The van der Waals surface area contributed by atoms with E-state index in [4.69, 9.17) is 17.4 Å². The molecule has 1 saturated heterocycles. The maximum Gasteiger partial charge on any atom is 0.0835 e. The van der Waals surface area contributed by atoms with Crippen LogP contribution in [0.15, 0.2) is 6.20 Å². The van der Waals surface area contributed by atoms with Crippen LogP contribution in [0.5, 0.6) is 0 Å². The standard InChI is InChI=1S/C12H22ClN5S/c1-17(2)5-6-18-12(9(13)8-15-18)11(16-14)10-4-3-7-19-10/h8,10-11,16H,3-7,14H2,1-2H3. The molecule has 5 nitrogen and oxygen atoms in total. The van der Waals surface area contributed by atoms with E-state index < -0.39 is 0 Å². The first-order valence-corrected chi connectivity index (χ1v) is 8.00. The largest absolute Gasteiger partial charge is 0.308 e. The summed E-state index contributed by atoms with van der Waals surface area (Å²) >= 11 is 8.27. The minimum atomic E-state index is 0.0738. The molecule has 0 saturated carbocycles. The number of nitrogens with zero attached hydrogens (tertiary/aromatic N) is 3. The van der Waals surface area contributed by atoms with Crippen LogP contribution in [0.2, 0.25) is 5.02 Å². The maximum atomic E-state index is 6.31. The summed E-state index contributed by atoms with van der Waals surface area (Å²) in [5.41, 5.74) is 3.95. The third-order valence-corrected chi connectivity index (χ3v) is 5.15. The van der Waals surface area contributed by atoms with Gasteiger partial charge in [-0.25, -0.2) is 0 Å². The molecule has 0 spiro atoms. The van der Waals surface area contributed by atoms with Crippen molar-refractivity contribution in [3.63, 3.8) is 0 Å². The summed E-state index contributed by atoms with van der Waals surface area (Å²) in [7, 11) is 4.10. The number of likely N-dealkylation sites (N-methyl/N-ethyl adjacent to an activating group) is 1. The van der Waals surface area contributed by atoms with Gasteiger partial charge in [0.15, 0.2) is 0 Å². The van der Waals surface area contributed by atoms with Gasteiger partial charge < -0.3 is 4.90 Å². The fourth-order valence-electron chi connectivity index (χ4n) is 2.38. The van der Waals surface area contributed by atoms with Gasteiger partial charge in [0.05, 0.1) is 29.5 Å². The molecule has 0 aromatic carbocycles. The van der Waals surface area contributed by atoms with Crippen molar-refractivity contribution in [1.29, 1.82) is 0 Å². The van der Waals surface area contributed by atoms with Crippen LogP contribution in [0.1, 0.15) is 24.6 Å². The zero-order valence-electron chi connectivity index (χ0n) is 11.5. The minimum absolute atomic E-state index is 0.0738. The van der Waals surface area contributed by atoms with Gasteiger partial charge in [0.2, 0.25) is 0 Å². The molecule has 1 aromatic heterocycles. The Balaban J connectivity index is 2.18. The second-order valence-electron chi connectivity index (χ2n) is 5.10. The van der Waals surface area contributed by atoms with Gasteiger partial charge in [-0.15, -0.1) is 0 Å². The average molecular weight is 304 g/mol. The molecule has 2 atom stereocenters. The van der Waals surface area contributed by atoms with Crippen LogP contribution in [0, 0.1) is 0 Å². The Morgan fingerprint density at radius 3 is 3.05 bits per heavy atom. The van der Waals surface area contributed by atoms with Gasteiger partial charge in [0.1, 0.15) is 0 Å². The fourth-order valence-corrected chi connectivity index (χ4v) is 4.01. The van der Waals surface area contributed by atoms with Gasteiger partial charge in [0.25, 0.3) is 0 Å². The first-order valence-electron chi connectivity index (χ1n) is 6.57. The van der Waals surface area contributed by atoms with E-state index in [2.05, 4.69) is 29.5 Å². The molecule has 0 bridgehead atoms. The zero-order chi connectivity index (χ0) is 13.8. The summed E-state index contributed by atoms with van der Waals surface area (Å²) in [6, 6.07) is 0.0738. The summed E-state index contributed by atoms with van der Waals surface area (Å²) in [5.74, 6) is 6.96. The van der Waals surface area contributed by atoms with Crippen molar-refractivity contribution in [2.75, 3.05) is 26.4 Å². The predicted octanol–water partition coefficient (Wildman–Crippen LogP) is 1.50. The van der Waals surface area contributed by atoms with Gasteiger partial charge >= 0.3 is 0 Å². The highest BCUT2D eigenvalue weighted by Crippen LogP contribution is 2.37. The van der Waals surface area contributed by atoms with E-state index in [9.17, 15) is 0 Å². The molecule has 2 rings (SSSR count). The summed E-state index contributed by atoms with van der Waals surface area (Å²) in [5, 5.41) is 5.57. The molecule has 0 amide bonds. The lowest BCUT2D eigenvalue weighted by molar-refractivity contribution is 0.361. The lowest BCUT2D eigenvalue weighted by Gasteiger charge is -2.24. The number of halogens is 1. The third kappa shape index (κ3) is 3.64. The minimum Gasteiger partial charge on any atom is -0.308 e. The van der Waals surface area contributed by atoms with Crippen molar-refractivity contribution in [3.05, 3.63) is 16.9 Å². The number of thioether (sulfide) groups is 1. The average Bonchev–Trinajstić information content (AvgIpc) is 3.00. The summed E-state index contributed by atoms with van der Waals surface area (Å²) < 4.78 is 1.98. The molecule has 1 aromatic rings. The van der Waals surface area contributed by atoms with Gasteiger partial charge in [-0.3, -0.25) is 16.0 Å². The van der Waals surface area contributed by atoms with Crippen molar-refractivity contribution in [2.45, 2.75) is 30.7 Å². The highest BCUT2D eigenvalue weighted by Gasteiger charge is 2.30. The van der Waals surface area contributed by atoms with E-state index in [1.54, 1.807) is 6.20 Å². The monoisotopic (exact) mass is 303 g/mol. The van der Waals surface area contributed by atoms with Crippen molar-refractivity contribution in [1.82, 2.24) is 20.1 Å². The van der Waals surface area contributed by atoms with Crippen LogP contribution in [0.3, 0.4) is 0 Å². The Hall–Kier alpha value is -0.270. The number of hydrogen-bond acceptors (Lipinski definition) is 5. The number of hydrazine groups is 1. The van der Waals surface area contributed by atoms with Crippen molar-refractivity contribution in [3.8, 4) is 0 Å². The van der Waals surface area contributed by atoms with Crippen molar-refractivity contribution >= 4 is 23.4 Å². The number of nitrogens with one attached hydrogen (secondary N) is 1. The van der Waals surface area contributed by atoms with Gasteiger partial charge in [-0.2, -0.15) is 16.9 Å². The van der Waals surface area contributed by atoms with Crippen LogP contribution in [0.25, 0.3) is 0 Å². The SMILES string of the molecule is CN(C)CCn1ncc(Cl)c1C(NN)C1CCCS1. The Morgan fingerprint density at radius 2 is 2.47 bits per heavy atom. The molecule has 7 heteroatoms. The second kappa shape index (κ2) is 6.95. The highest BCUT2D eigenvalue weighted by molar-refractivity contribution is 8.00. The molecule has 2 heterocycles. The number of rotatable bonds is 6. The molecule has 0 radical (unpaired) electrons. The lowest BCUT2D eigenvalue weighted by atomic mass is 10.1. The van der Waals surface area contributed by atoms with Crippen LogP contribution < -0.4 is 11.3 Å². The van der Waals surface area contributed by atoms with Crippen molar-refractivity contribution < 1.29 is 0 Å².